The third-order valence-electron chi connectivity index (χ3n) is 1.09. The highest BCUT2D eigenvalue weighted by Gasteiger charge is 1.99. The van der Waals surface area contributed by atoms with Gasteiger partial charge >= 0.3 is 0 Å². The summed E-state index contributed by atoms with van der Waals surface area (Å²) in [5.41, 5.74) is 0. The highest BCUT2D eigenvalue weighted by atomic mass is 32.2. The maximum Gasteiger partial charge on any atom is 0.207 e. The van der Waals surface area contributed by atoms with Crippen LogP contribution in [-0.4, -0.2) is 20.6 Å². The molecule has 0 aromatic carbocycles. The first-order valence-corrected chi connectivity index (χ1v) is 4.39. The third-order valence-corrected chi connectivity index (χ3v) is 1.84. The maximum atomic E-state index is 3.73. The van der Waals surface area contributed by atoms with Crippen molar-refractivity contribution in [2.75, 3.05) is 0 Å². The summed E-state index contributed by atoms with van der Waals surface area (Å²) in [7, 11) is 0. The number of hydrogen-bond donors (Lipinski definition) is 1. The molecule has 0 aliphatic heterocycles. The lowest BCUT2D eigenvalue weighted by Gasteiger charge is -1.99. The molecule has 0 saturated carbocycles. The summed E-state index contributed by atoms with van der Waals surface area (Å²) in [5, 5.41) is 14.1. The largest absolute Gasteiger partial charge is 0.234 e. The lowest BCUT2D eigenvalue weighted by Crippen LogP contribution is -1.85. The van der Waals surface area contributed by atoms with Crippen LogP contribution in [0.1, 0.15) is 20.3 Å². The minimum Gasteiger partial charge on any atom is -0.234 e. The molecule has 0 fully saturated rings. The van der Waals surface area contributed by atoms with Crippen LogP contribution >= 0.6 is 11.8 Å². The number of rotatable bonds is 4. The molecule has 0 amide bonds. The zero-order valence-electron chi connectivity index (χ0n) is 6.61. The average molecular weight is 171 g/mol. The van der Waals surface area contributed by atoms with Gasteiger partial charge in [-0.05, 0) is 22.8 Å². The highest BCUT2D eigenvalue weighted by Crippen LogP contribution is 2.18. The molecule has 0 aliphatic carbocycles. The van der Waals surface area contributed by atoms with Gasteiger partial charge in [0.2, 0.25) is 5.16 Å². The summed E-state index contributed by atoms with van der Waals surface area (Å²) >= 11 is 1.54. The van der Waals surface area contributed by atoms with E-state index in [0.717, 1.165) is 11.6 Å². The Labute approximate surface area is 70.2 Å². The van der Waals surface area contributed by atoms with E-state index in [0.29, 0.717) is 5.92 Å². The van der Waals surface area contributed by atoms with Gasteiger partial charge in [-0.15, -0.1) is 5.10 Å². The lowest BCUT2D eigenvalue weighted by molar-refractivity contribution is 0.655. The van der Waals surface area contributed by atoms with Crippen molar-refractivity contribution in [2.24, 2.45) is 5.92 Å². The topological polar surface area (TPSA) is 54.5 Å². The van der Waals surface area contributed by atoms with Crippen LogP contribution in [0, 0.1) is 11.7 Å². The van der Waals surface area contributed by atoms with Crippen molar-refractivity contribution in [1.82, 2.24) is 20.6 Å². The van der Waals surface area contributed by atoms with Crippen molar-refractivity contribution in [3.63, 3.8) is 0 Å². The Balaban J connectivity index is 2.14. The standard InChI is InChI=1S/C6H11N4S/c1-5(2)3-4-11-6-7-9-10-8-6/h4-5H,3H2,1-2H3,(H,7,8,9,10). The normalized spacial score (nSPS) is 10.8. The number of tetrazole rings is 1. The van der Waals surface area contributed by atoms with Crippen LogP contribution in [0.3, 0.4) is 0 Å². The Bertz CT molecular complexity index is 184. The van der Waals surface area contributed by atoms with Crippen molar-refractivity contribution in [3.05, 3.63) is 5.75 Å². The second-order valence-corrected chi connectivity index (χ2v) is 3.58. The van der Waals surface area contributed by atoms with Crippen LogP contribution in [-0.2, 0) is 0 Å². The smallest absolute Gasteiger partial charge is 0.207 e. The molecule has 61 valence electrons. The van der Waals surface area contributed by atoms with E-state index in [-0.39, 0.29) is 0 Å². The minimum atomic E-state index is 0.693. The van der Waals surface area contributed by atoms with Gasteiger partial charge in [-0.1, -0.05) is 25.6 Å². The van der Waals surface area contributed by atoms with Gasteiger partial charge in [-0.2, -0.15) is 0 Å². The van der Waals surface area contributed by atoms with Gasteiger partial charge in [-0.25, -0.2) is 5.10 Å². The average Bonchev–Trinajstić information content (AvgIpc) is 2.39. The number of thioether (sulfide) groups is 1. The molecule has 0 saturated heterocycles. The molecular weight excluding hydrogens is 160 g/mol. The summed E-state index contributed by atoms with van der Waals surface area (Å²) in [4.78, 5) is 0. The number of H-pyrrole nitrogens is 1. The third kappa shape index (κ3) is 3.36. The zero-order chi connectivity index (χ0) is 8.10. The zero-order valence-corrected chi connectivity index (χ0v) is 7.43. The van der Waals surface area contributed by atoms with E-state index >= 15 is 0 Å². The van der Waals surface area contributed by atoms with Crippen LogP contribution in [0.5, 0.6) is 0 Å². The Morgan fingerprint density at radius 2 is 2.45 bits per heavy atom. The molecule has 0 atom stereocenters. The first-order chi connectivity index (χ1) is 5.29. The fraction of sp³-hybridized carbons (Fsp3) is 0.667. The highest BCUT2D eigenvalue weighted by molar-refractivity contribution is 8.01. The van der Waals surface area contributed by atoms with E-state index in [4.69, 9.17) is 0 Å². The molecule has 4 nitrogen and oxygen atoms in total. The Morgan fingerprint density at radius 3 is 3.00 bits per heavy atom. The minimum absolute atomic E-state index is 0.693. The molecule has 1 aromatic rings. The fourth-order valence-corrected chi connectivity index (χ4v) is 1.34. The Kier molecular flexibility index (Phi) is 3.35. The number of aromatic amines is 1. The number of hydrogen-bond acceptors (Lipinski definition) is 4. The molecule has 1 N–H and O–H groups in total. The summed E-state index contributed by atoms with van der Waals surface area (Å²) < 4.78 is 0. The van der Waals surface area contributed by atoms with E-state index in [2.05, 4.69) is 40.2 Å². The summed E-state index contributed by atoms with van der Waals surface area (Å²) in [5.74, 6) is 2.80. The van der Waals surface area contributed by atoms with E-state index in [9.17, 15) is 0 Å². The van der Waals surface area contributed by atoms with Crippen molar-refractivity contribution in [3.8, 4) is 0 Å². The number of nitrogens with zero attached hydrogens (tertiary/aromatic N) is 3. The van der Waals surface area contributed by atoms with Gasteiger partial charge < -0.3 is 0 Å². The quantitative estimate of drug-likeness (QED) is 0.697. The molecule has 0 bridgehead atoms. The van der Waals surface area contributed by atoms with Crippen LogP contribution in [0.2, 0.25) is 0 Å². The summed E-state index contributed by atoms with van der Waals surface area (Å²) in [6, 6.07) is 0. The second-order valence-electron chi connectivity index (χ2n) is 2.62. The molecule has 1 rings (SSSR count). The SMILES string of the molecule is CC(C)C[CH]Sc1nnn[nH]1. The van der Waals surface area contributed by atoms with Crippen LogP contribution in [0.4, 0.5) is 0 Å². The van der Waals surface area contributed by atoms with Crippen molar-refractivity contribution >= 4 is 11.8 Å². The fourth-order valence-electron chi connectivity index (χ4n) is 0.520. The summed E-state index contributed by atoms with van der Waals surface area (Å²) in [6.07, 6.45) is 1.07. The summed E-state index contributed by atoms with van der Waals surface area (Å²) in [6.45, 7) is 4.35. The maximum absolute atomic E-state index is 3.73. The van der Waals surface area contributed by atoms with Gasteiger partial charge in [-0.3, -0.25) is 0 Å². The number of aromatic nitrogens is 4. The van der Waals surface area contributed by atoms with E-state index in [1.165, 1.54) is 11.8 Å². The molecule has 1 aromatic heterocycles. The predicted octanol–water partition coefficient (Wildman–Crippen LogP) is 1.50. The second kappa shape index (κ2) is 4.33. The van der Waals surface area contributed by atoms with E-state index < -0.39 is 0 Å². The molecule has 1 radical (unpaired) electrons. The first kappa shape index (κ1) is 8.52. The molecular formula is C6H11N4S. The van der Waals surface area contributed by atoms with Gasteiger partial charge in [0.05, 0.1) is 0 Å². The van der Waals surface area contributed by atoms with Gasteiger partial charge in [0, 0.05) is 5.75 Å². The predicted molar refractivity (Wildman–Crippen MR) is 43.8 cm³/mol. The lowest BCUT2D eigenvalue weighted by atomic mass is 10.2. The molecule has 0 spiro atoms. The van der Waals surface area contributed by atoms with E-state index in [1.54, 1.807) is 0 Å². The van der Waals surface area contributed by atoms with Crippen LogP contribution in [0.25, 0.3) is 0 Å². The molecule has 11 heavy (non-hydrogen) atoms. The monoisotopic (exact) mass is 171 g/mol. The molecule has 0 aliphatic rings. The Morgan fingerprint density at radius 1 is 1.64 bits per heavy atom. The van der Waals surface area contributed by atoms with Crippen LogP contribution < -0.4 is 0 Å². The number of nitrogens with one attached hydrogen (secondary N) is 1. The molecule has 1 heterocycles. The molecule has 5 heteroatoms. The van der Waals surface area contributed by atoms with Crippen molar-refractivity contribution < 1.29 is 0 Å². The van der Waals surface area contributed by atoms with E-state index in [1.807, 2.05) is 0 Å². The van der Waals surface area contributed by atoms with Crippen LogP contribution in [0.15, 0.2) is 5.16 Å². The van der Waals surface area contributed by atoms with Gasteiger partial charge in [0.25, 0.3) is 0 Å². The Hall–Kier alpha value is -0.580. The molecule has 0 unspecified atom stereocenters. The van der Waals surface area contributed by atoms with Gasteiger partial charge in [0.1, 0.15) is 0 Å². The van der Waals surface area contributed by atoms with Gasteiger partial charge in [0.15, 0.2) is 0 Å². The first-order valence-electron chi connectivity index (χ1n) is 3.51. The van der Waals surface area contributed by atoms with Crippen molar-refractivity contribution in [2.45, 2.75) is 25.4 Å². The van der Waals surface area contributed by atoms with Crippen molar-refractivity contribution in [1.29, 1.82) is 0 Å².